The van der Waals surface area contributed by atoms with Crippen molar-refractivity contribution in [1.29, 1.82) is 0 Å². The van der Waals surface area contributed by atoms with Gasteiger partial charge in [-0.3, -0.25) is 19.7 Å². The van der Waals surface area contributed by atoms with Crippen molar-refractivity contribution in [3.63, 3.8) is 0 Å². The molecule has 1 aromatic carbocycles. The highest BCUT2D eigenvalue weighted by Gasteiger charge is 2.39. The van der Waals surface area contributed by atoms with Gasteiger partial charge in [-0.05, 0) is 41.9 Å². The molecular formula is C20H26N4O3. The standard InChI is InChI=1S/C20H26N4O3/c1-20(7-14(21)8-20)11-22-9-12-2-3-13-10-24(19(27)15(13)6-12)16-4-5-17(25)23-18(16)26/h2-3,6,14,16,22H,4-5,7-11,21H2,1H3,(H,23,25,26). The molecule has 1 unspecified atom stereocenters. The Balaban J connectivity index is 1.39. The molecule has 0 aromatic heterocycles. The largest absolute Gasteiger partial charge is 0.328 e. The molecule has 4 N–H and O–H groups in total. The van der Waals surface area contributed by atoms with Crippen LogP contribution in [0.2, 0.25) is 0 Å². The van der Waals surface area contributed by atoms with Gasteiger partial charge in [-0.15, -0.1) is 0 Å². The Labute approximate surface area is 158 Å². The van der Waals surface area contributed by atoms with E-state index >= 15 is 0 Å². The van der Waals surface area contributed by atoms with Gasteiger partial charge in [-0.2, -0.15) is 0 Å². The minimum absolute atomic E-state index is 0.127. The van der Waals surface area contributed by atoms with E-state index in [-0.39, 0.29) is 29.6 Å². The van der Waals surface area contributed by atoms with Crippen molar-refractivity contribution in [2.45, 2.75) is 57.8 Å². The van der Waals surface area contributed by atoms with Gasteiger partial charge in [0.05, 0.1) is 0 Å². The number of rotatable bonds is 5. The van der Waals surface area contributed by atoms with Crippen LogP contribution in [0.25, 0.3) is 0 Å². The minimum Gasteiger partial charge on any atom is -0.328 e. The number of hydrogen-bond donors (Lipinski definition) is 3. The molecule has 27 heavy (non-hydrogen) atoms. The molecule has 3 aliphatic rings. The maximum absolute atomic E-state index is 12.8. The summed E-state index contributed by atoms with van der Waals surface area (Å²) in [5.74, 6) is -0.769. The van der Waals surface area contributed by atoms with Crippen molar-refractivity contribution in [2.75, 3.05) is 6.54 Å². The van der Waals surface area contributed by atoms with Gasteiger partial charge in [0, 0.05) is 37.7 Å². The van der Waals surface area contributed by atoms with Crippen molar-refractivity contribution >= 4 is 17.7 Å². The number of imide groups is 1. The van der Waals surface area contributed by atoms with Crippen molar-refractivity contribution in [3.8, 4) is 0 Å². The highest BCUT2D eigenvalue weighted by atomic mass is 16.2. The molecule has 0 bridgehead atoms. The SMILES string of the molecule is CC1(CNCc2ccc3c(c2)C(=O)N(C2CCC(=O)NC2=O)C3)CC(N)C1. The van der Waals surface area contributed by atoms with E-state index in [9.17, 15) is 14.4 Å². The summed E-state index contributed by atoms with van der Waals surface area (Å²) in [7, 11) is 0. The molecule has 1 saturated heterocycles. The smallest absolute Gasteiger partial charge is 0.255 e. The summed E-state index contributed by atoms with van der Waals surface area (Å²) >= 11 is 0. The normalized spacial score (nSPS) is 30.1. The van der Waals surface area contributed by atoms with Crippen molar-refractivity contribution in [2.24, 2.45) is 11.1 Å². The number of nitrogens with zero attached hydrogens (tertiary/aromatic N) is 1. The van der Waals surface area contributed by atoms with Crippen LogP contribution in [0, 0.1) is 5.41 Å². The van der Waals surface area contributed by atoms with E-state index in [2.05, 4.69) is 17.6 Å². The van der Waals surface area contributed by atoms with Gasteiger partial charge < -0.3 is 16.0 Å². The fourth-order valence-electron chi connectivity index (χ4n) is 4.57. The lowest BCUT2D eigenvalue weighted by Gasteiger charge is -2.43. The molecule has 7 heteroatoms. The molecule has 2 aliphatic heterocycles. The Bertz CT molecular complexity index is 800. The van der Waals surface area contributed by atoms with Crippen LogP contribution in [0.4, 0.5) is 0 Å². The highest BCUT2D eigenvalue weighted by Crippen LogP contribution is 2.38. The lowest BCUT2D eigenvalue weighted by Crippen LogP contribution is -2.52. The van der Waals surface area contributed by atoms with Gasteiger partial charge in [0.25, 0.3) is 5.91 Å². The van der Waals surface area contributed by atoms with E-state index in [1.54, 1.807) is 4.90 Å². The van der Waals surface area contributed by atoms with Crippen molar-refractivity contribution in [3.05, 3.63) is 34.9 Å². The predicted octanol–water partition coefficient (Wildman–Crippen LogP) is 0.665. The summed E-state index contributed by atoms with van der Waals surface area (Å²) in [6.45, 7) is 4.27. The van der Waals surface area contributed by atoms with Crippen LogP contribution in [0.15, 0.2) is 18.2 Å². The summed E-state index contributed by atoms with van der Waals surface area (Å²) in [6, 6.07) is 5.68. The van der Waals surface area contributed by atoms with Crippen LogP contribution >= 0.6 is 0 Å². The quantitative estimate of drug-likeness (QED) is 0.661. The number of amides is 3. The first-order chi connectivity index (χ1) is 12.8. The highest BCUT2D eigenvalue weighted by molar-refractivity contribution is 6.05. The molecule has 3 amide bonds. The predicted molar refractivity (Wildman–Crippen MR) is 99.5 cm³/mol. The number of carbonyl (C=O) groups is 3. The van der Waals surface area contributed by atoms with Crippen LogP contribution in [-0.4, -0.2) is 41.2 Å². The molecule has 1 saturated carbocycles. The second-order valence-electron chi connectivity index (χ2n) is 8.47. The summed E-state index contributed by atoms with van der Waals surface area (Å²) < 4.78 is 0. The Morgan fingerprint density at radius 2 is 2.07 bits per heavy atom. The van der Waals surface area contributed by atoms with Crippen molar-refractivity contribution in [1.82, 2.24) is 15.5 Å². The van der Waals surface area contributed by atoms with Crippen LogP contribution < -0.4 is 16.4 Å². The molecule has 0 spiro atoms. The van der Waals surface area contributed by atoms with E-state index in [0.717, 1.165) is 30.5 Å². The average molecular weight is 370 g/mol. The van der Waals surface area contributed by atoms with Gasteiger partial charge in [-0.1, -0.05) is 19.1 Å². The number of piperidine rings is 1. The van der Waals surface area contributed by atoms with Gasteiger partial charge in [0.15, 0.2) is 0 Å². The molecule has 1 atom stereocenters. The monoisotopic (exact) mass is 370 g/mol. The van der Waals surface area contributed by atoms with E-state index < -0.39 is 6.04 Å². The third-order valence-corrected chi connectivity index (χ3v) is 5.98. The Kier molecular flexibility index (Phi) is 4.52. The summed E-state index contributed by atoms with van der Waals surface area (Å²) in [5, 5.41) is 5.81. The molecule has 1 aliphatic carbocycles. The molecular weight excluding hydrogens is 344 g/mol. The zero-order valence-electron chi connectivity index (χ0n) is 15.6. The zero-order valence-corrected chi connectivity index (χ0v) is 15.6. The second-order valence-corrected chi connectivity index (χ2v) is 8.47. The number of nitrogens with one attached hydrogen (secondary N) is 2. The first kappa shape index (κ1) is 18.1. The fourth-order valence-corrected chi connectivity index (χ4v) is 4.57. The number of fused-ring (bicyclic) bond motifs is 1. The van der Waals surface area contributed by atoms with E-state index in [1.807, 2.05) is 18.2 Å². The third-order valence-electron chi connectivity index (χ3n) is 5.98. The molecule has 7 nitrogen and oxygen atoms in total. The van der Waals surface area contributed by atoms with E-state index in [0.29, 0.717) is 31.1 Å². The lowest BCUT2D eigenvalue weighted by molar-refractivity contribution is -0.136. The van der Waals surface area contributed by atoms with E-state index in [4.69, 9.17) is 5.73 Å². The number of hydrogen-bond acceptors (Lipinski definition) is 5. The van der Waals surface area contributed by atoms with Gasteiger partial charge in [0.2, 0.25) is 11.8 Å². The third kappa shape index (κ3) is 3.49. The maximum atomic E-state index is 12.8. The molecule has 0 radical (unpaired) electrons. The Morgan fingerprint density at radius 3 is 2.78 bits per heavy atom. The van der Waals surface area contributed by atoms with Crippen LogP contribution in [0.5, 0.6) is 0 Å². The average Bonchev–Trinajstić information content (AvgIpc) is 2.90. The lowest BCUT2D eigenvalue weighted by atomic mass is 9.67. The Hall–Kier alpha value is -2.25. The summed E-state index contributed by atoms with van der Waals surface area (Å²) in [4.78, 5) is 37.9. The topological polar surface area (TPSA) is 105 Å². The minimum atomic E-state index is -0.563. The number of carbonyl (C=O) groups excluding carboxylic acids is 3. The summed E-state index contributed by atoms with van der Waals surface area (Å²) in [6.07, 6.45) is 2.75. The molecule has 2 fully saturated rings. The van der Waals surface area contributed by atoms with Gasteiger partial charge >= 0.3 is 0 Å². The fraction of sp³-hybridized carbons (Fsp3) is 0.550. The molecule has 2 heterocycles. The van der Waals surface area contributed by atoms with Crippen LogP contribution in [0.1, 0.15) is 54.1 Å². The summed E-state index contributed by atoms with van der Waals surface area (Å²) in [5.41, 5.74) is 8.81. The van der Waals surface area contributed by atoms with Gasteiger partial charge in [-0.25, -0.2) is 0 Å². The molecule has 1 aromatic rings. The van der Waals surface area contributed by atoms with Crippen molar-refractivity contribution < 1.29 is 14.4 Å². The van der Waals surface area contributed by atoms with E-state index in [1.165, 1.54) is 0 Å². The molecule has 4 rings (SSSR count). The van der Waals surface area contributed by atoms with Crippen LogP contribution in [0.3, 0.4) is 0 Å². The zero-order chi connectivity index (χ0) is 19.2. The van der Waals surface area contributed by atoms with Crippen LogP contribution in [-0.2, 0) is 22.7 Å². The number of nitrogens with two attached hydrogens (primary N) is 1. The second kappa shape index (κ2) is 6.73. The first-order valence-corrected chi connectivity index (χ1v) is 9.57. The Morgan fingerprint density at radius 1 is 1.30 bits per heavy atom. The molecule has 144 valence electrons. The number of benzene rings is 1. The maximum Gasteiger partial charge on any atom is 0.255 e. The first-order valence-electron chi connectivity index (χ1n) is 9.57. The van der Waals surface area contributed by atoms with Gasteiger partial charge in [0.1, 0.15) is 6.04 Å².